The lowest BCUT2D eigenvalue weighted by Crippen LogP contribution is -2.52. The summed E-state index contributed by atoms with van der Waals surface area (Å²) in [5.74, 6) is 0.962. The lowest BCUT2D eigenvalue weighted by molar-refractivity contribution is -0.0738. The molecule has 7 nitrogen and oxygen atoms in total. The number of aliphatic hydroxyl groups excluding tert-OH is 2. The van der Waals surface area contributed by atoms with E-state index in [1.807, 2.05) is 4.90 Å². The highest BCUT2D eigenvalue weighted by atomic mass is 16.5. The van der Waals surface area contributed by atoms with Crippen molar-refractivity contribution in [3.05, 3.63) is 29.1 Å². The number of aliphatic hydroxyl groups is 2. The van der Waals surface area contributed by atoms with E-state index in [2.05, 4.69) is 30.6 Å². The third-order valence-electron chi connectivity index (χ3n) is 10.1. The molecule has 1 saturated heterocycles. The second kappa shape index (κ2) is 8.51. The van der Waals surface area contributed by atoms with Crippen molar-refractivity contribution in [1.82, 2.24) is 15.1 Å². The van der Waals surface area contributed by atoms with Gasteiger partial charge in [-0.15, -0.1) is 0 Å². The van der Waals surface area contributed by atoms with Crippen LogP contribution in [0, 0.1) is 34.5 Å². The van der Waals surface area contributed by atoms with Crippen molar-refractivity contribution in [2.45, 2.75) is 52.4 Å². The molecule has 6 atom stereocenters. The van der Waals surface area contributed by atoms with Crippen molar-refractivity contribution < 1.29 is 19.7 Å². The Kier molecular flexibility index (Phi) is 5.94. The van der Waals surface area contributed by atoms with Gasteiger partial charge in [-0.25, -0.2) is 0 Å². The van der Waals surface area contributed by atoms with Crippen molar-refractivity contribution in [3.8, 4) is 0 Å². The number of rotatable bonds is 4. The summed E-state index contributed by atoms with van der Waals surface area (Å²) in [5, 5.41) is 28.6. The number of aromatic amines is 1. The molecule has 2 saturated carbocycles. The first kappa shape index (κ1) is 23.1. The van der Waals surface area contributed by atoms with E-state index in [1.54, 1.807) is 0 Å². The van der Waals surface area contributed by atoms with Gasteiger partial charge in [-0.05, 0) is 73.0 Å². The quantitative estimate of drug-likeness (QED) is 0.604. The van der Waals surface area contributed by atoms with Crippen LogP contribution < -0.4 is 0 Å². The van der Waals surface area contributed by atoms with Crippen LogP contribution in [0.4, 0.5) is 0 Å². The number of nitrogens with zero attached hydrogens (tertiary/aromatic N) is 2. The van der Waals surface area contributed by atoms with Crippen molar-refractivity contribution in [2.24, 2.45) is 34.5 Å². The summed E-state index contributed by atoms with van der Waals surface area (Å²) >= 11 is 0. The van der Waals surface area contributed by atoms with Crippen LogP contribution in [0.15, 0.2) is 12.2 Å². The number of hydrogen-bond acceptors (Lipinski definition) is 5. The van der Waals surface area contributed by atoms with E-state index >= 15 is 0 Å². The number of amides is 1. The van der Waals surface area contributed by atoms with Crippen LogP contribution in [-0.2, 0) is 17.6 Å². The Morgan fingerprint density at radius 3 is 2.67 bits per heavy atom. The van der Waals surface area contributed by atoms with Crippen molar-refractivity contribution in [1.29, 1.82) is 0 Å². The van der Waals surface area contributed by atoms with Gasteiger partial charge in [0.15, 0.2) is 5.69 Å². The summed E-state index contributed by atoms with van der Waals surface area (Å²) in [6, 6.07) is 0. The molecule has 0 bridgehead atoms. The maximum absolute atomic E-state index is 13.3. The molecule has 3 N–H and O–H groups in total. The zero-order chi connectivity index (χ0) is 23.4. The topological polar surface area (TPSA) is 98.7 Å². The summed E-state index contributed by atoms with van der Waals surface area (Å²) in [7, 11) is 0. The van der Waals surface area contributed by atoms with Crippen molar-refractivity contribution in [2.75, 3.05) is 39.5 Å². The van der Waals surface area contributed by atoms with Gasteiger partial charge in [0.1, 0.15) is 0 Å². The lowest BCUT2D eigenvalue weighted by Gasteiger charge is -2.55. The molecule has 1 amide bonds. The smallest absolute Gasteiger partial charge is 0.274 e. The fraction of sp³-hybridized carbons (Fsp3) is 0.769. The van der Waals surface area contributed by atoms with Gasteiger partial charge in [-0.2, -0.15) is 5.10 Å². The summed E-state index contributed by atoms with van der Waals surface area (Å²) in [6.45, 7) is 11.6. The highest BCUT2D eigenvalue weighted by molar-refractivity contribution is 5.94. The molecule has 182 valence electrons. The largest absolute Gasteiger partial charge is 0.396 e. The maximum Gasteiger partial charge on any atom is 0.274 e. The van der Waals surface area contributed by atoms with Crippen molar-refractivity contribution >= 4 is 5.91 Å². The van der Waals surface area contributed by atoms with Crippen LogP contribution in [-0.4, -0.2) is 70.7 Å². The highest BCUT2D eigenvalue weighted by Crippen LogP contribution is 2.62. The normalized spacial score (nSPS) is 38.8. The number of nitrogens with one attached hydrogen (secondary N) is 1. The number of ether oxygens (including phenoxy) is 1. The van der Waals surface area contributed by atoms with Gasteiger partial charge in [0, 0.05) is 37.6 Å². The molecule has 4 aliphatic rings. The van der Waals surface area contributed by atoms with E-state index in [9.17, 15) is 15.0 Å². The molecule has 5 rings (SSSR count). The minimum Gasteiger partial charge on any atom is -0.396 e. The molecule has 33 heavy (non-hydrogen) atoms. The van der Waals surface area contributed by atoms with E-state index in [0.29, 0.717) is 50.8 Å². The Morgan fingerprint density at radius 2 is 1.97 bits per heavy atom. The van der Waals surface area contributed by atoms with Crippen LogP contribution in [0.5, 0.6) is 0 Å². The number of hydrogen-bond donors (Lipinski definition) is 3. The van der Waals surface area contributed by atoms with Crippen LogP contribution in [0.3, 0.4) is 0 Å². The predicted molar refractivity (Wildman–Crippen MR) is 125 cm³/mol. The first-order valence-corrected chi connectivity index (χ1v) is 12.7. The average Bonchev–Trinajstić information content (AvgIpc) is 3.37. The number of carbonyl (C=O) groups is 1. The first-order chi connectivity index (χ1) is 15.8. The van der Waals surface area contributed by atoms with Crippen LogP contribution >= 0.6 is 0 Å². The predicted octanol–water partition coefficient (Wildman–Crippen LogP) is 2.59. The Labute approximate surface area is 196 Å². The molecule has 1 aromatic rings. The number of fused-ring (bicyclic) bond motifs is 2. The van der Waals surface area contributed by atoms with Gasteiger partial charge < -0.3 is 19.8 Å². The molecule has 3 aliphatic carbocycles. The fourth-order valence-corrected chi connectivity index (χ4v) is 7.83. The lowest BCUT2D eigenvalue weighted by atomic mass is 9.49. The number of morpholine rings is 1. The van der Waals surface area contributed by atoms with Crippen LogP contribution in [0.2, 0.25) is 0 Å². The minimum atomic E-state index is -0.204. The monoisotopic (exact) mass is 457 g/mol. The zero-order valence-electron chi connectivity index (χ0n) is 20.1. The Morgan fingerprint density at radius 1 is 1.21 bits per heavy atom. The van der Waals surface area contributed by atoms with Crippen LogP contribution in [0.25, 0.3) is 0 Å². The van der Waals surface area contributed by atoms with E-state index in [0.717, 1.165) is 36.9 Å². The summed E-state index contributed by atoms with van der Waals surface area (Å²) in [6.07, 6.45) is 5.65. The van der Waals surface area contributed by atoms with Gasteiger partial charge in [0.25, 0.3) is 5.91 Å². The number of H-pyrrole nitrogens is 1. The molecular weight excluding hydrogens is 418 g/mol. The molecule has 4 unspecified atom stereocenters. The molecule has 7 heteroatoms. The molecule has 2 heterocycles. The third-order valence-corrected chi connectivity index (χ3v) is 10.1. The molecule has 0 aromatic carbocycles. The molecular formula is C26H39N3O4. The standard InChI is InChI=1S/C26H39N3O4/c1-16-4-5-20-19(15-31)21(6-7-25(16,20)2)26(3)13-18-22(12-17(26)14-30)27-28-23(18)24(32)29-8-10-33-11-9-29/h17,19-21,30-31H,1,4-15H2,2-3H3,(H,27,28)/t17-,19?,20?,21?,25?,26+/m1/s1. The Hall–Kier alpha value is -1.70. The summed E-state index contributed by atoms with van der Waals surface area (Å²) in [4.78, 5) is 15.1. The Bertz CT molecular complexity index is 923. The molecule has 1 aliphatic heterocycles. The SMILES string of the molecule is C=C1CCC2C(CO)C([C@@]3(C)Cc4c(C(=O)N5CCOCC5)n[nH]c4C[C@@H]3CO)CCC12C. The number of carbonyl (C=O) groups excluding carboxylic acids is 1. The van der Waals surface area contributed by atoms with E-state index in [-0.39, 0.29) is 47.7 Å². The average molecular weight is 458 g/mol. The first-order valence-electron chi connectivity index (χ1n) is 12.7. The van der Waals surface area contributed by atoms with Gasteiger partial charge in [-0.1, -0.05) is 26.0 Å². The van der Waals surface area contributed by atoms with Gasteiger partial charge in [0.2, 0.25) is 0 Å². The zero-order valence-corrected chi connectivity index (χ0v) is 20.1. The second-order valence-electron chi connectivity index (χ2n) is 11.4. The van der Waals surface area contributed by atoms with E-state index in [4.69, 9.17) is 4.74 Å². The molecule has 0 radical (unpaired) electrons. The van der Waals surface area contributed by atoms with Gasteiger partial charge in [-0.3, -0.25) is 9.89 Å². The Balaban J connectivity index is 1.47. The number of aromatic nitrogens is 2. The maximum atomic E-state index is 13.3. The number of allylic oxidation sites excluding steroid dienone is 1. The van der Waals surface area contributed by atoms with E-state index < -0.39 is 0 Å². The molecule has 0 spiro atoms. The van der Waals surface area contributed by atoms with Gasteiger partial charge in [0.05, 0.1) is 13.2 Å². The van der Waals surface area contributed by atoms with Crippen LogP contribution in [0.1, 0.15) is 61.3 Å². The van der Waals surface area contributed by atoms with E-state index in [1.165, 1.54) is 5.57 Å². The third kappa shape index (κ3) is 3.50. The molecule has 3 fully saturated rings. The van der Waals surface area contributed by atoms with Gasteiger partial charge >= 0.3 is 0 Å². The summed E-state index contributed by atoms with van der Waals surface area (Å²) < 4.78 is 5.42. The van der Waals surface area contributed by atoms with Crippen molar-refractivity contribution in [3.63, 3.8) is 0 Å². The fourth-order valence-electron chi connectivity index (χ4n) is 7.83. The highest BCUT2D eigenvalue weighted by Gasteiger charge is 2.57. The second-order valence-corrected chi connectivity index (χ2v) is 11.4. The summed E-state index contributed by atoms with van der Waals surface area (Å²) in [5.41, 5.74) is 3.78. The molecule has 1 aromatic heterocycles. The minimum absolute atomic E-state index is 0.0254.